The molecule has 0 bridgehead atoms. The van der Waals surface area contributed by atoms with Gasteiger partial charge in [-0.25, -0.2) is 4.79 Å². The second-order valence-corrected chi connectivity index (χ2v) is 3.69. The van der Waals surface area contributed by atoms with Crippen molar-refractivity contribution >= 4 is 6.03 Å². The first-order valence-electron chi connectivity index (χ1n) is 5.07. The molecule has 1 aromatic heterocycles. The summed E-state index contributed by atoms with van der Waals surface area (Å²) in [6, 6.07) is 0.171. The highest BCUT2D eigenvalue weighted by Gasteiger charge is 2.19. The molecule has 1 fully saturated rings. The summed E-state index contributed by atoms with van der Waals surface area (Å²) in [5, 5.41) is 9.14. The third kappa shape index (κ3) is 2.68. The van der Waals surface area contributed by atoms with Crippen LogP contribution in [0.3, 0.4) is 0 Å². The number of carbonyl (C=O) groups excluding carboxylic acids is 1. The molecule has 0 aromatic carbocycles. The van der Waals surface area contributed by atoms with Crippen LogP contribution in [-0.4, -0.2) is 22.2 Å². The summed E-state index contributed by atoms with van der Waals surface area (Å²) in [6.45, 7) is 2.01. The summed E-state index contributed by atoms with van der Waals surface area (Å²) in [4.78, 5) is 15.3. The number of hydrogen-bond donors (Lipinski definition) is 2. The number of rotatable bonds is 3. The first-order valence-corrected chi connectivity index (χ1v) is 5.07. The van der Waals surface area contributed by atoms with Crippen LogP contribution in [0.25, 0.3) is 0 Å². The monoisotopic (exact) mass is 210 g/mol. The quantitative estimate of drug-likeness (QED) is 0.770. The lowest BCUT2D eigenvalue weighted by molar-refractivity contribution is 0.226. The average Bonchev–Trinajstić information content (AvgIpc) is 2.55. The fourth-order valence-corrected chi connectivity index (χ4v) is 1.36. The minimum absolute atomic E-state index is 0.171. The van der Waals surface area contributed by atoms with Gasteiger partial charge in [-0.1, -0.05) is 5.16 Å². The molecule has 1 saturated carbocycles. The van der Waals surface area contributed by atoms with Gasteiger partial charge in [-0.05, 0) is 26.2 Å². The molecule has 2 rings (SSSR count). The van der Waals surface area contributed by atoms with E-state index in [-0.39, 0.29) is 12.6 Å². The third-order valence-corrected chi connectivity index (χ3v) is 2.41. The molecule has 0 atom stereocenters. The van der Waals surface area contributed by atoms with Crippen molar-refractivity contribution in [3.05, 3.63) is 11.7 Å². The van der Waals surface area contributed by atoms with Crippen molar-refractivity contribution in [2.75, 3.05) is 0 Å². The second-order valence-electron chi connectivity index (χ2n) is 3.69. The van der Waals surface area contributed by atoms with Crippen LogP contribution in [0, 0.1) is 6.92 Å². The highest BCUT2D eigenvalue weighted by Crippen LogP contribution is 2.17. The number of urea groups is 1. The Morgan fingerprint density at radius 1 is 1.60 bits per heavy atom. The number of nitrogens with zero attached hydrogens (tertiary/aromatic N) is 2. The van der Waals surface area contributed by atoms with Gasteiger partial charge in [0.2, 0.25) is 5.89 Å². The Morgan fingerprint density at radius 2 is 2.40 bits per heavy atom. The van der Waals surface area contributed by atoms with Gasteiger partial charge in [-0.2, -0.15) is 4.98 Å². The predicted octanol–water partition coefficient (Wildman–Crippen LogP) is 0.730. The zero-order chi connectivity index (χ0) is 10.7. The molecule has 0 spiro atoms. The molecule has 1 aliphatic carbocycles. The van der Waals surface area contributed by atoms with E-state index in [1.807, 2.05) is 0 Å². The van der Waals surface area contributed by atoms with E-state index >= 15 is 0 Å². The molecule has 2 amide bonds. The maximum Gasteiger partial charge on any atom is 0.315 e. The SMILES string of the molecule is Cc1noc(CNC(=O)NC2CCC2)n1. The van der Waals surface area contributed by atoms with Crippen LogP contribution in [-0.2, 0) is 6.54 Å². The van der Waals surface area contributed by atoms with Gasteiger partial charge in [-0.15, -0.1) is 0 Å². The average molecular weight is 210 g/mol. The van der Waals surface area contributed by atoms with Crippen molar-refractivity contribution in [1.29, 1.82) is 0 Å². The highest BCUT2D eigenvalue weighted by atomic mass is 16.5. The molecular weight excluding hydrogens is 196 g/mol. The first-order chi connectivity index (χ1) is 7.24. The summed E-state index contributed by atoms with van der Waals surface area (Å²) in [6.07, 6.45) is 3.36. The lowest BCUT2D eigenvalue weighted by Gasteiger charge is -2.26. The van der Waals surface area contributed by atoms with Crippen LogP contribution in [0.2, 0.25) is 0 Å². The maximum absolute atomic E-state index is 11.3. The predicted molar refractivity (Wildman–Crippen MR) is 52.0 cm³/mol. The molecule has 1 aliphatic rings. The van der Waals surface area contributed by atoms with E-state index in [0.29, 0.717) is 17.8 Å². The van der Waals surface area contributed by atoms with Gasteiger partial charge < -0.3 is 15.2 Å². The minimum Gasteiger partial charge on any atom is -0.337 e. The molecule has 1 heterocycles. The van der Waals surface area contributed by atoms with Crippen molar-refractivity contribution in [2.45, 2.75) is 38.8 Å². The van der Waals surface area contributed by atoms with E-state index in [1.165, 1.54) is 6.42 Å². The summed E-state index contributed by atoms with van der Waals surface area (Å²) >= 11 is 0. The van der Waals surface area contributed by atoms with Gasteiger partial charge in [-0.3, -0.25) is 0 Å². The van der Waals surface area contributed by atoms with Gasteiger partial charge in [0.25, 0.3) is 0 Å². The molecule has 1 aromatic rings. The van der Waals surface area contributed by atoms with Crippen molar-refractivity contribution < 1.29 is 9.32 Å². The van der Waals surface area contributed by atoms with Crippen LogP contribution >= 0.6 is 0 Å². The summed E-state index contributed by atoms with van der Waals surface area (Å²) in [5.41, 5.74) is 0. The van der Waals surface area contributed by atoms with Crippen molar-refractivity contribution in [1.82, 2.24) is 20.8 Å². The molecular formula is C9H14N4O2. The molecule has 0 saturated heterocycles. The second kappa shape index (κ2) is 4.29. The first kappa shape index (κ1) is 9.95. The van der Waals surface area contributed by atoms with Crippen LogP contribution in [0.15, 0.2) is 4.52 Å². The number of hydrogen-bond acceptors (Lipinski definition) is 4. The number of amides is 2. The normalized spacial score (nSPS) is 15.8. The topological polar surface area (TPSA) is 80.0 Å². The van der Waals surface area contributed by atoms with Gasteiger partial charge in [0.1, 0.15) is 0 Å². The Hall–Kier alpha value is -1.59. The third-order valence-electron chi connectivity index (χ3n) is 2.41. The zero-order valence-electron chi connectivity index (χ0n) is 8.62. The van der Waals surface area contributed by atoms with Crippen LogP contribution in [0.1, 0.15) is 31.0 Å². The Kier molecular flexibility index (Phi) is 2.84. The van der Waals surface area contributed by atoms with Crippen LogP contribution < -0.4 is 10.6 Å². The van der Waals surface area contributed by atoms with E-state index in [4.69, 9.17) is 4.52 Å². The molecule has 6 nitrogen and oxygen atoms in total. The zero-order valence-corrected chi connectivity index (χ0v) is 8.62. The van der Waals surface area contributed by atoms with E-state index < -0.39 is 0 Å². The van der Waals surface area contributed by atoms with Gasteiger partial charge in [0.05, 0.1) is 6.54 Å². The fraction of sp³-hybridized carbons (Fsp3) is 0.667. The maximum atomic E-state index is 11.3. The van der Waals surface area contributed by atoms with Crippen LogP contribution in [0.5, 0.6) is 0 Å². The van der Waals surface area contributed by atoms with E-state index in [9.17, 15) is 4.79 Å². The van der Waals surface area contributed by atoms with Crippen molar-refractivity contribution in [2.24, 2.45) is 0 Å². The molecule has 15 heavy (non-hydrogen) atoms. The summed E-state index contributed by atoms with van der Waals surface area (Å²) in [7, 11) is 0. The number of nitrogens with one attached hydrogen (secondary N) is 2. The lowest BCUT2D eigenvalue weighted by atomic mass is 9.93. The van der Waals surface area contributed by atoms with E-state index in [1.54, 1.807) is 6.92 Å². The van der Waals surface area contributed by atoms with Gasteiger partial charge >= 0.3 is 6.03 Å². The number of aromatic nitrogens is 2. The molecule has 0 radical (unpaired) electrons. The van der Waals surface area contributed by atoms with Crippen molar-refractivity contribution in [3.63, 3.8) is 0 Å². The van der Waals surface area contributed by atoms with Crippen LogP contribution in [0.4, 0.5) is 4.79 Å². The number of carbonyl (C=O) groups is 1. The Bertz CT molecular complexity index is 346. The molecule has 2 N–H and O–H groups in total. The highest BCUT2D eigenvalue weighted by molar-refractivity contribution is 5.74. The molecule has 0 aliphatic heterocycles. The summed E-state index contributed by atoms with van der Waals surface area (Å²) in [5.74, 6) is 1.00. The Labute approximate surface area is 87.4 Å². The minimum atomic E-state index is -0.171. The standard InChI is InChI=1S/C9H14N4O2/c1-6-11-8(15-13-6)5-10-9(14)12-7-3-2-4-7/h7H,2-5H2,1H3,(H2,10,12,14). The Balaban J connectivity index is 1.70. The fourth-order valence-electron chi connectivity index (χ4n) is 1.36. The smallest absolute Gasteiger partial charge is 0.315 e. The number of aryl methyl sites for hydroxylation is 1. The molecule has 0 unspecified atom stereocenters. The molecule has 82 valence electrons. The molecule has 6 heteroatoms. The van der Waals surface area contributed by atoms with Gasteiger partial charge in [0.15, 0.2) is 5.82 Å². The van der Waals surface area contributed by atoms with E-state index in [2.05, 4.69) is 20.8 Å². The Morgan fingerprint density at radius 3 is 2.93 bits per heavy atom. The largest absolute Gasteiger partial charge is 0.337 e. The van der Waals surface area contributed by atoms with Crippen molar-refractivity contribution in [3.8, 4) is 0 Å². The lowest BCUT2D eigenvalue weighted by Crippen LogP contribution is -2.44. The summed E-state index contributed by atoms with van der Waals surface area (Å²) < 4.78 is 4.86. The van der Waals surface area contributed by atoms with E-state index in [0.717, 1.165) is 12.8 Å². The van der Waals surface area contributed by atoms with Gasteiger partial charge in [0, 0.05) is 6.04 Å².